The van der Waals surface area contributed by atoms with Crippen molar-refractivity contribution >= 4 is 23.7 Å². The highest BCUT2D eigenvalue weighted by molar-refractivity contribution is 6.30. The van der Waals surface area contributed by atoms with Crippen molar-refractivity contribution in [2.45, 2.75) is 13.5 Å². The van der Waals surface area contributed by atoms with E-state index in [4.69, 9.17) is 34.3 Å². The molecule has 7 nitrogen and oxygen atoms in total. The van der Waals surface area contributed by atoms with Crippen molar-refractivity contribution < 1.29 is 22.7 Å². The Hall–Kier alpha value is -4.67. The van der Waals surface area contributed by atoms with Gasteiger partial charge in [-0.25, -0.2) is 4.99 Å². The zero-order chi connectivity index (χ0) is 25.6. The van der Waals surface area contributed by atoms with Crippen LogP contribution in [0.3, 0.4) is 0 Å². The van der Waals surface area contributed by atoms with Gasteiger partial charge in [-0.1, -0.05) is 23.7 Å². The summed E-state index contributed by atoms with van der Waals surface area (Å²) in [5.74, 6) is 2.63. The van der Waals surface area contributed by atoms with Crippen LogP contribution in [0.4, 0.5) is 5.88 Å². The highest BCUT2D eigenvalue weighted by Crippen LogP contribution is 2.43. The van der Waals surface area contributed by atoms with E-state index in [1.54, 1.807) is 30.5 Å². The molecule has 0 aliphatic heterocycles. The third kappa shape index (κ3) is 5.30. The number of aliphatic imine (C=N–C) groups is 1. The largest absolute Gasteiger partial charge is 0.490 e. The number of rotatable bonds is 9. The molecule has 0 aliphatic carbocycles. The fourth-order valence-electron chi connectivity index (χ4n) is 3.72. The van der Waals surface area contributed by atoms with Crippen LogP contribution >= 0.6 is 11.6 Å². The lowest BCUT2D eigenvalue weighted by atomic mass is 10.1. The monoisotopic (exact) mass is 512 g/mol. The smallest absolute Gasteiger partial charge is 0.238 e. The van der Waals surface area contributed by atoms with Crippen molar-refractivity contribution in [3.8, 4) is 40.4 Å². The molecule has 37 heavy (non-hydrogen) atoms. The molecule has 2 aromatic carbocycles. The maximum Gasteiger partial charge on any atom is 0.238 e. The van der Waals surface area contributed by atoms with Crippen molar-refractivity contribution in [3.63, 3.8) is 0 Å². The van der Waals surface area contributed by atoms with Crippen molar-refractivity contribution in [1.82, 2.24) is 0 Å². The molecule has 184 valence electrons. The molecule has 0 fully saturated rings. The van der Waals surface area contributed by atoms with Gasteiger partial charge in [0.1, 0.15) is 24.0 Å². The Morgan fingerprint density at radius 1 is 0.946 bits per heavy atom. The molecular formula is C29H21ClN2O5. The second kappa shape index (κ2) is 10.9. The summed E-state index contributed by atoms with van der Waals surface area (Å²) in [7, 11) is 0. The van der Waals surface area contributed by atoms with Crippen molar-refractivity contribution in [2.24, 2.45) is 4.99 Å². The molecule has 3 aromatic heterocycles. The predicted octanol–water partition coefficient (Wildman–Crippen LogP) is 8.05. The van der Waals surface area contributed by atoms with Gasteiger partial charge < -0.3 is 22.7 Å². The van der Waals surface area contributed by atoms with Gasteiger partial charge >= 0.3 is 0 Å². The van der Waals surface area contributed by atoms with Gasteiger partial charge in [0.25, 0.3) is 0 Å². The summed E-state index contributed by atoms with van der Waals surface area (Å²) in [5.41, 5.74) is 2.45. The molecule has 0 unspecified atom stereocenters. The number of ether oxygens (including phenoxy) is 2. The zero-order valence-corrected chi connectivity index (χ0v) is 20.6. The average molecular weight is 513 g/mol. The van der Waals surface area contributed by atoms with Crippen LogP contribution in [0.25, 0.3) is 22.8 Å². The number of hydrogen-bond acceptors (Lipinski definition) is 7. The SMILES string of the molecule is CCOc1cc(C=Nc2oc(-c3ccco3)c(-c3ccco3)c2C#N)ccc1OCc1ccc(Cl)cc1. The molecule has 0 spiro atoms. The van der Waals surface area contributed by atoms with E-state index in [0.29, 0.717) is 52.6 Å². The Morgan fingerprint density at radius 2 is 1.70 bits per heavy atom. The van der Waals surface area contributed by atoms with Gasteiger partial charge in [0.15, 0.2) is 23.0 Å². The van der Waals surface area contributed by atoms with E-state index in [0.717, 1.165) is 11.1 Å². The van der Waals surface area contributed by atoms with Crippen molar-refractivity contribution in [3.05, 3.63) is 101 Å². The lowest BCUT2D eigenvalue weighted by Crippen LogP contribution is -2.00. The first kappa shape index (κ1) is 24.0. The first-order valence-electron chi connectivity index (χ1n) is 11.5. The van der Waals surface area contributed by atoms with Crippen LogP contribution in [0, 0.1) is 11.3 Å². The van der Waals surface area contributed by atoms with Crippen molar-refractivity contribution in [2.75, 3.05) is 6.61 Å². The number of furan rings is 3. The molecule has 0 aliphatic rings. The standard InChI is InChI=1S/C29H21ClN2O5/c1-2-33-26-15-20(9-12-23(26)36-18-19-7-10-21(30)11-8-19)17-32-29-22(16-31)27(24-5-3-13-34-24)28(37-29)25-6-4-14-35-25/h3-15,17H,2,18H2,1H3. The van der Waals surface area contributed by atoms with E-state index in [-0.39, 0.29) is 11.4 Å². The fourth-order valence-corrected chi connectivity index (χ4v) is 3.84. The summed E-state index contributed by atoms with van der Waals surface area (Å²) in [6, 6.07) is 22.1. The normalized spacial score (nSPS) is 11.1. The third-order valence-electron chi connectivity index (χ3n) is 5.42. The summed E-state index contributed by atoms with van der Waals surface area (Å²) in [4.78, 5) is 4.47. The quantitative estimate of drug-likeness (QED) is 0.185. The molecule has 0 saturated heterocycles. The molecule has 0 N–H and O–H groups in total. The van der Waals surface area contributed by atoms with E-state index in [9.17, 15) is 5.26 Å². The lowest BCUT2D eigenvalue weighted by molar-refractivity contribution is 0.269. The number of hydrogen-bond donors (Lipinski definition) is 0. The minimum absolute atomic E-state index is 0.140. The van der Waals surface area contributed by atoms with E-state index in [2.05, 4.69) is 11.1 Å². The molecule has 3 heterocycles. The van der Waals surface area contributed by atoms with Gasteiger partial charge in [0.2, 0.25) is 5.88 Å². The summed E-state index contributed by atoms with van der Waals surface area (Å²) in [5, 5.41) is 10.6. The molecule has 0 bridgehead atoms. The molecule has 0 radical (unpaired) electrons. The topological polar surface area (TPSA) is 94.0 Å². The van der Waals surface area contributed by atoms with E-state index >= 15 is 0 Å². The number of halogens is 1. The fraction of sp³-hybridized carbons (Fsp3) is 0.103. The van der Waals surface area contributed by atoms with Crippen LogP contribution in [0.2, 0.25) is 5.02 Å². The number of nitriles is 1. The first-order chi connectivity index (χ1) is 18.2. The van der Waals surface area contributed by atoms with Crippen LogP contribution in [0.1, 0.15) is 23.6 Å². The highest BCUT2D eigenvalue weighted by atomic mass is 35.5. The Bertz CT molecular complexity index is 1540. The number of nitrogens with zero attached hydrogens (tertiary/aromatic N) is 2. The van der Waals surface area contributed by atoms with Gasteiger partial charge in [-0.05, 0) is 72.6 Å². The van der Waals surface area contributed by atoms with Crippen LogP contribution < -0.4 is 9.47 Å². The second-order valence-corrected chi connectivity index (χ2v) is 8.30. The summed E-state index contributed by atoms with van der Waals surface area (Å²) >= 11 is 5.96. The van der Waals surface area contributed by atoms with Gasteiger partial charge in [-0.15, -0.1) is 0 Å². The van der Waals surface area contributed by atoms with E-state index < -0.39 is 0 Å². The maximum absolute atomic E-state index is 9.92. The maximum atomic E-state index is 9.92. The van der Waals surface area contributed by atoms with Gasteiger partial charge in [-0.3, -0.25) is 0 Å². The number of benzene rings is 2. The zero-order valence-electron chi connectivity index (χ0n) is 19.8. The van der Waals surface area contributed by atoms with Gasteiger partial charge in [0.05, 0.1) is 24.7 Å². The summed E-state index contributed by atoms with van der Waals surface area (Å²) in [6.07, 6.45) is 4.66. The van der Waals surface area contributed by atoms with Crippen LogP contribution in [0.5, 0.6) is 11.5 Å². The van der Waals surface area contributed by atoms with Crippen molar-refractivity contribution in [1.29, 1.82) is 5.26 Å². The molecule has 8 heteroatoms. The van der Waals surface area contributed by atoms with Gasteiger partial charge in [0, 0.05) is 11.2 Å². The molecule has 0 saturated carbocycles. The molecule has 0 amide bonds. The Labute approximate surface area is 218 Å². The predicted molar refractivity (Wildman–Crippen MR) is 139 cm³/mol. The average Bonchev–Trinajstić information content (AvgIpc) is 3.69. The van der Waals surface area contributed by atoms with E-state index in [1.807, 2.05) is 49.4 Å². The summed E-state index contributed by atoms with van der Waals surface area (Å²) in [6.45, 7) is 2.74. The van der Waals surface area contributed by atoms with Crippen LogP contribution in [0.15, 0.2) is 97.5 Å². The van der Waals surface area contributed by atoms with Gasteiger partial charge in [-0.2, -0.15) is 5.26 Å². The molecule has 5 aromatic rings. The van der Waals surface area contributed by atoms with E-state index in [1.165, 1.54) is 12.5 Å². The highest BCUT2D eigenvalue weighted by Gasteiger charge is 2.26. The Kier molecular flexibility index (Phi) is 7.11. The minimum Gasteiger partial charge on any atom is -0.490 e. The third-order valence-corrected chi connectivity index (χ3v) is 5.67. The first-order valence-corrected chi connectivity index (χ1v) is 11.9. The van der Waals surface area contributed by atoms with Crippen LogP contribution in [-0.4, -0.2) is 12.8 Å². The second-order valence-electron chi connectivity index (χ2n) is 7.87. The Morgan fingerprint density at radius 3 is 2.38 bits per heavy atom. The molecular weight excluding hydrogens is 492 g/mol. The molecule has 5 rings (SSSR count). The minimum atomic E-state index is 0.140. The summed E-state index contributed by atoms with van der Waals surface area (Å²) < 4.78 is 28.8. The van der Waals surface area contributed by atoms with Crippen LogP contribution in [-0.2, 0) is 6.61 Å². The Balaban J connectivity index is 1.44. The molecule has 0 atom stereocenters. The lowest BCUT2D eigenvalue weighted by Gasteiger charge is -2.12.